The van der Waals surface area contributed by atoms with Gasteiger partial charge in [0.2, 0.25) is 0 Å². The van der Waals surface area contributed by atoms with Crippen LogP contribution in [0.4, 0.5) is 18.9 Å². The molecule has 11 heteroatoms. The van der Waals surface area contributed by atoms with E-state index < -0.39 is 17.8 Å². The van der Waals surface area contributed by atoms with Gasteiger partial charge in [0.05, 0.1) is 15.0 Å². The average Bonchev–Trinajstić information content (AvgIpc) is 3.36. The summed E-state index contributed by atoms with van der Waals surface area (Å²) in [5.41, 5.74) is -0.683. The number of nitrogens with zero attached hydrogens (tertiary/aromatic N) is 3. The summed E-state index contributed by atoms with van der Waals surface area (Å²) in [6.45, 7) is 0. The molecule has 0 fully saturated rings. The largest absolute Gasteiger partial charge is 0.433 e. The standard InChI is InChI=1S/C22H11Br2F3N4OS/c23-12-8-16(33-10-12)15-9-17(22(25,26)27)31-20(28-15)18(24)19(30-31)21(32)29-14-7-3-5-11-4-1-2-6-13(11)14/h1-10H,(H,29,32). The molecule has 0 aliphatic carbocycles. The molecular weight excluding hydrogens is 585 g/mol. The molecule has 2 aromatic carbocycles. The highest BCUT2D eigenvalue weighted by molar-refractivity contribution is 9.11. The summed E-state index contributed by atoms with van der Waals surface area (Å²) in [5, 5.41) is 10.2. The second-order valence-electron chi connectivity index (χ2n) is 7.03. The van der Waals surface area contributed by atoms with Gasteiger partial charge in [-0.05, 0) is 55.4 Å². The van der Waals surface area contributed by atoms with Gasteiger partial charge in [0, 0.05) is 20.9 Å². The molecule has 0 bridgehead atoms. The molecule has 1 N–H and O–H groups in total. The number of hydrogen-bond acceptors (Lipinski definition) is 4. The molecule has 0 aliphatic rings. The molecule has 3 heterocycles. The summed E-state index contributed by atoms with van der Waals surface area (Å²) in [6.07, 6.45) is -4.71. The Hall–Kier alpha value is -2.76. The van der Waals surface area contributed by atoms with E-state index in [1.807, 2.05) is 30.3 Å². The van der Waals surface area contributed by atoms with E-state index >= 15 is 0 Å². The van der Waals surface area contributed by atoms with Gasteiger partial charge in [-0.15, -0.1) is 11.3 Å². The van der Waals surface area contributed by atoms with Crippen LogP contribution in [0.2, 0.25) is 0 Å². The maximum atomic E-state index is 13.9. The SMILES string of the molecule is O=C(Nc1cccc2ccccc12)c1nn2c(C(F)(F)F)cc(-c3cc(Br)cs3)nc2c1Br. The summed E-state index contributed by atoms with van der Waals surface area (Å²) in [7, 11) is 0. The van der Waals surface area contributed by atoms with Crippen LogP contribution >= 0.6 is 43.2 Å². The number of amides is 1. The van der Waals surface area contributed by atoms with Crippen molar-refractivity contribution in [2.24, 2.45) is 0 Å². The number of rotatable bonds is 3. The lowest BCUT2D eigenvalue weighted by atomic mass is 10.1. The molecule has 0 saturated carbocycles. The van der Waals surface area contributed by atoms with Gasteiger partial charge in [0.1, 0.15) is 0 Å². The summed E-state index contributed by atoms with van der Waals surface area (Å²) >= 11 is 7.80. The number of aromatic nitrogens is 3. The van der Waals surface area contributed by atoms with Crippen LogP contribution in [0, 0.1) is 0 Å². The van der Waals surface area contributed by atoms with Crippen LogP contribution in [0.1, 0.15) is 16.2 Å². The highest BCUT2D eigenvalue weighted by Crippen LogP contribution is 2.37. The number of benzene rings is 2. The van der Waals surface area contributed by atoms with Crippen molar-refractivity contribution in [1.29, 1.82) is 0 Å². The molecule has 0 radical (unpaired) electrons. The zero-order valence-electron chi connectivity index (χ0n) is 16.3. The minimum absolute atomic E-state index is 0.0724. The molecular formula is C22H11Br2F3N4OS. The van der Waals surface area contributed by atoms with Crippen LogP contribution in [0.5, 0.6) is 0 Å². The van der Waals surface area contributed by atoms with Gasteiger partial charge in [-0.3, -0.25) is 4.79 Å². The van der Waals surface area contributed by atoms with Gasteiger partial charge in [-0.25, -0.2) is 9.50 Å². The first kappa shape index (κ1) is 22.1. The third-order valence-electron chi connectivity index (χ3n) is 4.90. The number of carbonyl (C=O) groups is 1. The van der Waals surface area contributed by atoms with Crippen LogP contribution in [0.3, 0.4) is 0 Å². The lowest BCUT2D eigenvalue weighted by Gasteiger charge is -2.10. The smallest absolute Gasteiger partial charge is 0.320 e. The zero-order chi connectivity index (χ0) is 23.3. The van der Waals surface area contributed by atoms with Crippen molar-refractivity contribution < 1.29 is 18.0 Å². The van der Waals surface area contributed by atoms with Gasteiger partial charge in [-0.1, -0.05) is 36.4 Å². The summed E-state index contributed by atoms with van der Waals surface area (Å²) in [5.74, 6) is -0.655. The van der Waals surface area contributed by atoms with Crippen molar-refractivity contribution in [2.75, 3.05) is 5.32 Å². The fourth-order valence-corrected chi connectivity index (χ4v) is 5.33. The van der Waals surface area contributed by atoms with Crippen molar-refractivity contribution >= 4 is 71.2 Å². The van der Waals surface area contributed by atoms with Crippen molar-refractivity contribution in [3.05, 3.63) is 80.3 Å². The van der Waals surface area contributed by atoms with Crippen molar-refractivity contribution in [3.8, 4) is 10.6 Å². The predicted octanol–water partition coefficient (Wildman–Crippen LogP) is 7.41. The van der Waals surface area contributed by atoms with Crippen LogP contribution in [0.25, 0.3) is 27.0 Å². The monoisotopic (exact) mass is 594 g/mol. The Morgan fingerprint density at radius 1 is 1.06 bits per heavy atom. The molecule has 5 aromatic rings. The number of halogens is 5. The second kappa shape index (κ2) is 8.23. The van der Waals surface area contributed by atoms with E-state index in [1.165, 1.54) is 11.3 Å². The number of carbonyl (C=O) groups excluding carboxylic acids is 1. The number of fused-ring (bicyclic) bond motifs is 2. The van der Waals surface area contributed by atoms with Gasteiger partial charge in [0.15, 0.2) is 17.0 Å². The van der Waals surface area contributed by atoms with Gasteiger partial charge < -0.3 is 5.32 Å². The van der Waals surface area contributed by atoms with Crippen molar-refractivity contribution in [2.45, 2.75) is 6.18 Å². The van der Waals surface area contributed by atoms with Crippen LogP contribution in [-0.4, -0.2) is 20.5 Å². The quantitative estimate of drug-likeness (QED) is 0.236. The van der Waals surface area contributed by atoms with Gasteiger partial charge >= 0.3 is 6.18 Å². The van der Waals surface area contributed by atoms with E-state index in [-0.39, 0.29) is 21.5 Å². The Labute approximate surface area is 205 Å². The van der Waals surface area contributed by atoms with E-state index in [4.69, 9.17) is 0 Å². The molecule has 33 heavy (non-hydrogen) atoms. The minimum Gasteiger partial charge on any atom is -0.320 e. The fourth-order valence-electron chi connectivity index (χ4n) is 3.43. The first-order valence-electron chi connectivity index (χ1n) is 9.42. The highest BCUT2D eigenvalue weighted by atomic mass is 79.9. The van der Waals surface area contributed by atoms with E-state index in [0.29, 0.717) is 15.1 Å². The second-order valence-corrected chi connectivity index (χ2v) is 9.65. The first-order chi connectivity index (χ1) is 15.7. The number of anilines is 1. The summed E-state index contributed by atoms with van der Waals surface area (Å²) in [6, 6.07) is 15.5. The van der Waals surface area contributed by atoms with E-state index in [1.54, 1.807) is 23.6 Å². The molecule has 3 aromatic heterocycles. The van der Waals surface area contributed by atoms with Crippen LogP contribution in [0.15, 0.2) is 68.9 Å². The number of nitrogens with one attached hydrogen (secondary N) is 1. The Kier molecular flexibility index (Phi) is 5.50. The zero-order valence-corrected chi connectivity index (χ0v) is 20.3. The van der Waals surface area contributed by atoms with Crippen molar-refractivity contribution in [3.63, 3.8) is 0 Å². The normalized spacial score (nSPS) is 11.9. The molecule has 1 amide bonds. The Morgan fingerprint density at radius 2 is 1.82 bits per heavy atom. The number of thiophene rings is 1. The topological polar surface area (TPSA) is 59.3 Å². The van der Waals surface area contributed by atoms with E-state index in [0.717, 1.165) is 21.3 Å². The number of hydrogen-bond donors (Lipinski definition) is 1. The average molecular weight is 596 g/mol. The lowest BCUT2D eigenvalue weighted by molar-refractivity contribution is -0.142. The predicted molar refractivity (Wildman–Crippen MR) is 129 cm³/mol. The van der Waals surface area contributed by atoms with E-state index in [9.17, 15) is 18.0 Å². The molecule has 0 unspecified atom stereocenters. The van der Waals surface area contributed by atoms with Gasteiger partial charge in [0.25, 0.3) is 5.91 Å². The molecule has 0 spiro atoms. The maximum Gasteiger partial charge on any atom is 0.433 e. The van der Waals surface area contributed by atoms with Crippen LogP contribution in [-0.2, 0) is 6.18 Å². The highest BCUT2D eigenvalue weighted by Gasteiger charge is 2.36. The third kappa shape index (κ3) is 4.04. The van der Waals surface area contributed by atoms with E-state index in [2.05, 4.69) is 47.3 Å². The lowest BCUT2D eigenvalue weighted by Crippen LogP contribution is -2.16. The fraction of sp³-hybridized carbons (Fsp3) is 0.0455. The van der Waals surface area contributed by atoms with Crippen LogP contribution < -0.4 is 5.32 Å². The first-order valence-corrected chi connectivity index (χ1v) is 11.9. The third-order valence-corrected chi connectivity index (χ3v) is 7.34. The molecule has 166 valence electrons. The molecule has 5 rings (SSSR count). The summed E-state index contributed by atoms with van der Waals surface area (Å²) < 4.78 is 43.1. The van der Waals surface area contributed by atoms with Crippen molar-refractivity contribution in [1.82, 2.24) is 14.6 Å². The number of alkyl halides is 3. The minimum atomic E-state index is -4.71. The maximum absolute atomic E-state index is 13.9. The molecule has 0 atom stereocenters. The Morgan fingerprint density at radius 3 is 2.55 bits per heavy atom. The Bertz CT molecular complexity index is 1540. The Balaban J connectivity index is 1.63. The molecule has 0 saturated heterocycles. The molecule has 0 aliphatic heterocycles. The van der Waals surface area contributed by atoms with Gasteiger partial charge in [-0.2, -0.15) is 18.3 Å². The molecule has 5 nitrogen and oxygen atoms in total. The summed E-state index contributed by atoms with van der Waals surface area (Å²) in [4.78, 5) is 17.9.